The summed E-state index contributed by atoms with van der Waals surface area (Å²) in [6.07, 6.45) is 6.71. The first kappa shape index (κ1) is 15.7. The number of aryl methyl sites for hydroxylation is 1. The zero-order valence-corrected chi connectivity index (χ0v) is 12.8. The zero-order valence-electron chi connectivity index (χ0n) is 11.9. The van der Waals surface area contributed by atoms with Crippen LogP contribution in [-0.2, 0) is 4.74 Å². The van der Waals surface area contributed by atoms with Gasteiger partial charge in [0.05, 0.1) is 6.10 Å². The predicted molar refractivity (Wildman–Crippen MR) is 80.2 cm³/mol. The van der Waals surface area contributed by atoms with Crippen LogP contribution < -0.4 is 5.73 Å². The monoisotopic (exact) mass is 269 g/mol. The van der Waals surface area contributed by atoms with Crippen molar-refractivity contribution in [3.63, 3.8) is 0 Å². The van der Waals surface area contributed by atoms with E-state index in [0.29, 0.717) is 12.6 Å². The van der Waals surface area contributed by atoms with Gasteiger partial charge in [0.25, 0.3) is 0 Å². The highest BCUT2D eigenvalue weighted by molar-refractivity contribution is 7.12. The fourth-order valence-electron chi connectivity index (χ4n) is 2.07. The molecule has 2 N–H and O–H groups in total. The van der Waals surface area contributed by atoms with Crippen LogP contribution >= 0.6 is 11.3 Å². The van der Waals surface area contributed by atoms with Gasteiger partial charge in [0.2, 0.25) is 0 Å². The van der Waals surface area contributed by atoms with E-state index in [1.54, 1.807) is 11.3 Å². The average Bonchev–Trinajstić information content (AvgIpc) is 2.78. The van der Waals surface area contributed by atoms with Crippen LogP contribution in [-0.4, -0.2) is 12.6 Å². The number of ether oxygens (including phenoxy) is 1. The van der Waals surface area contributed by atoms with E-state index in [0.717, 1.165) is 6.42 Å². The summed E-state index contributed by atoms with van der Waals surface area (Å²) in [5.74, 6) is 0. The van der Waals surface area contributed by atoms with Gasteiger partial charge in [0, 0.05) is 16.3 Å². The fraction of sp³-hybridized carbons (Fsp3) is 0.733. The number of unbranched alkanes of at least 4 members (excludes halogenated alkanes) is 3. The van der Waals surface area contributed by atoms with Gasteiger partial charge in [-0.1, -0.05) is 32.6 Å². The summed E-state index contributed by atoms with van der Waals surface area (Å²) in [6.45, 7) is 7.09. The third kappa shape index (κ3) is 5.51. The Hall–Kier alpha value is -0.380. The van der Waals surface area contributed by atoms with Gasteiger partial charge >= 0.3 is 0 Å². The van der Waals surface area contributed by atoms with Crippen LogP contribution in [0.15, 0.2) is 12.1 Å². The Labute approximate surface area is 116 Å². The van der Waals surface area contributed by atoms with E-state index >= 15 is 0 Å². The van der Waals surface area contributed by atoms with Gasteiger partial charge in [-0.25, -0.2) is 0 Å². The van der Waals surface area contributed by atoms with Crippen LogP contribution in [0.5, 0.6) is 0 Å². The third-order valence-corrected chi connectivity index (χ3v) is 4.25. The SMILES string of the molecule is CCCCCCC(C)OC(CN)c1ccc(C)s1. The maximum absolute atomic E-state index is 6.06. The molecule has 2 atom stereocenters. The molecule has 0 radical (unpaired) electrons. The molecule has 0 fully saturated rings. The lowest BCUT2D eigenvalue weighted by molar-refractivity contribution is -0.00186. The highest BCUT2D eigenvalue weighted by Gasteiger charge is 2.15. The van der Waals surface area contributed by atoms with E-state index < -0.39 is 0 Å². The number of thiophene rings is 1. The largest absolute Gasteiger partial charge is 0.368 e. The Morgan fingerprint density at radius 1 is 1.28 bits per heavy atom. The third-order valence-electron chi connectivity index (χ3n) is 3.15. The molecule has 1 aromatic heterocycles. The van der Waals surface area contributed by atoms with E-state index in [-0.39, 0.29) is 6.10 Å². The lowest BCUT2D eigenvalue weighted by atomic mass is 10.1. The lowest BCUT2D eigenvalue weighted by Gasteiger charge is -2.20. The Kier molecular flexibility index (Phi) is 7.56. The summed E-state index contributed by atoms with van der Waals surface area (Å²) in [7, 11) is 0. The molecule has 18 heavy (non-hydrogen) atoms. The van der Waals surface area contributed by atoms with Crippen molar-refractivity contribution in [2.24, 2.45) is 5.73 Å². The minimum absolute atomic E-state index is 0.0740. The molecule has 1 rings (SSSR count). The maximum Gasteiger partial charge on any atom is 0.104 e. The highest BCUT2D eigenvalue weighted by atomic mass is 32.1. The van der Waals surface area contributed by atoms with Crippen LogP contribution in [0.25, 0.3) is 0 Å². The molecule has 2 unspecified atom stereocenters. The van der Waals surface area contributed by atoms with Crippen molar-refractivity contribution < 1.29 is 4.74 Å². The smallest absolute Gasteiger partial charge is 0.104 e. The summed E-state index contributed by atoms with van der Waals surface area (Å²) >= 11 is 1.79. The molecule has 0 spiro atoms. The van der Waals surface area contributed by atoms with E-state index in [4.69, 9.17) is 10.5 Å². The molecule has 0 amide bonds. The van der Waals surface area contributed by atoms with Crippen LogP contribution in [0.4, 0.5) is 0 Å². The van der Waals surface area contributed by atoms with E-state index in [2.05, 4.69) is 32.9 Å². The standard InChI is InChI=1S/C15H27NOS/c1-4-5-6-7-8-12(2)17-14(11-16)15-10-9-13(3)18-15/h9-10,12,14H,4-8,11,16H2,1-3H3. The van der Waals surface area contributed by atoms with E-state index in [9.17, 15) is 0 Å². The first-order chi connectivity index (χ1) is 8.67. The highest BCUT2D eigenvalue weighted by Crippen LogP contribution is 2.26. The van der Waals surface area contributed by atoms with E-state index in [1.165, 1.54) is 35.4 Å². The molecule has 2 nitrogen and oxygen atoms in total. The van der Waals surface area contributed by atoms with Gasteiger partial charge in [0.1, 0.15) is 6.10 Å². The van der Waals surface area contributed by atoms with Gasteiger partial charge in [-0.3, -0.25) is 0 Å². The van der Waals surface area contributed by atoms with Gasteiger partial charge in [-0.05, 0) is 32.4 Å². The normalized spacial score (nSPS) is 14.7. The number of hydrogen-bond donors (Lipinski definition) is 1. The van der Waals surface area contributed by atoms with Crippen LogP contribution in [0.3, 0.4) is 0 Å². The van der Waals surface area contributed by atoms with Gasteiger partial charge in [-0.2, -0.15) is 0 Å². The molecule has 0 aromatic carbocycles. The second-order valence-electron chi connectivity index (χ2n) is 4.97. The summed E-state index contributed by atoms with van der Waals surface area (Å²) in [5, 5.41) is 0. The molecule has 3 heteroatoms. The summed E-state index contributed by atoms with van der Waals surface area (Å²) in [4.78, 5) is 2.58. The fourth-order valence-corrected chi connectivity index (χ4v) is 3.00. The maximum atomic E-state index is 6.06. The molecule has 0 bridgehead atoms. The van der Waals surface area contributed by atoms with E-state index in [1.807, 2.05) is 0 Å². The second-order valence-corrected chi connectivity index (χ2v) is 6.29. The van der Waals surface area contributed by atoms with Gasteiger partial charge in [-0.15, -0.1) is 11.3 Å². The average molecular weight is 269 g/mol. The topological polar surface area (TPSA) is 35.2 Å². The molecule has 0 aliphatic rings. The van der Waals surface area contributed by atoms with Crippen molar-refractivity contribution in [1.29, 1.82) is 0 Å². The minimum Gasteiger partial charge on any atom is -0.368 e. The van der Waals surface area contributed by atoms with Crippen molar-refractivity contribution in [2.45, 2.75) is 65.1 Å². The second kappa shape index (κ2) is 8.68. The van der Waals surface area contributed by atoms with Gasteiger partial charge in [0.15, 0.2) is 0 Å². The molecule has 104 valence electrons. The summed E-state index contributed by atoms with van der Waals surface area (Å²) in [6, 6.07) is 4.28. The first-order valence-corrected chi connectivity index (χ1v) is 7.90. The van der Waals surface area contributed by atoms with Crippen molar-refractivity contribution in [1.82, 2.24) is 0 Å². The molecule has 0 saturated heterocycles. The first-order valence-electron chi connectivity index (χ1n) is 7.09. The Balaban J connectivity index is 2.34. The number of rotatable bonds is 9. The van der Waals surface area contributed by atoms with Crippen molar-refractivity contribution in [2.75, 3.05) is 6.54 Å². The van der Waals surface area contributed by atoms with Crippen molar-refractivity contribution in [3.8, 4) is 0 Å². The minimum atomic E-state index is 0.0740. The molecular formula is C15H27NOS. The van der Waals surface area contributed by atoms with Crippen LogP contribution in [0.2, 0.25) is 0 Å². The lowest BCUT2D eigenvalue weighted by Crippen LogP contribution is -2.20. The Bertz CT molecular complexity index is 324. The van der Waals surface area contributed by atoms with Crippen LogP contribution in [0, 0.1) is 6.92 Å². The molecule has 0 aliphatic heterocycles. The van der Waals surface area contributed by atoms with Crippen LogP contribution in [0.1, 0.15) is 61.8 Å². The number of nitrogens with two attached hydrogens (primary N) is 1. The molecule has 0 saturated carbocycles. The Morgan fingerprint density at radius 3 is 2.61 bits per heavy atom. The van der Waals surface area contributed by atoms with Gasteiger partial charge < -0.3 is 10.5 Å². The molecule has 1 aromatic rings. The number of hydrogen-bond acceptors (Lipinski definition) is 3. The zero-order chi connectivity index (χ0) is 13.4. The summed E-state index contributed by atoms with van der Waals surface area (Å²) < 4.78 is 6.06. The molecular weight excluding hydrogens is 242 g/mol. The van der Waals surface area contributed by atoms with Crippen molar-refractivity contribution >= 4 is 11.3 Å². The van der Waals surface area contributed by atoms with Crippen molar-refractivity contribution in [3.05, 3.63) is 21.9 Å². The quantitative estimate of drug-likeness (QED) is 0.673. The molecule has 0 aliphatic carbocycles. The Morgan fingerprint density at radius 2 is 2.06 bits per heavy atom. The molecule has 1 heterocycles. The summed E-state index contributed by atoms with van der Waals surface area (Å²) in [5.41, 5.74) is 5.82. The predicted octanol–water partition coefficient (Wildman–Crippen LogP) is 4.43.